The van der Waals surface area contributed by atoms with Gasteiger partial charge in [0.2, 0.25) is 5.91 Å². The van der Waals surface area contributed by atoms with Gasteiger partial charge >= 0.3 is 0 Å². The number of nitrogens with one attached hydrogen (secondary N) is 1. The van der Waals surface area contributed by atoms with Crippen molar-refractivity contribution in [3.05, 3.63) is 78.5 Å². The van der Waals surface area contributed by atoms with E-state index in [0.29, 0.717) is 6.54 Å². The monoisotopic (exact) mass is 334 g/mol. The molecule has 1 N–H and O–H groups in total. The Balaban J connectivity index is 1.56. The number of hydrogen-bond acceptors (Lipinski definition) is 4. The van der Waals surface area contributed by atoms with E-state index in [2.05, 4.69) is 15.3 Å². The molecular weight excluding hydrogens is 316 g/mol. The zero-order valence-electron chi connectivity index (χ0n) is 13.8. The molecule has 1 amide bonds. The predicted molar refractivity (Wildman–Crippen MR) is 95.2 cm³/mol. The van der Waals surface area contributed by atoms with Crippen LogP contribution in [-0.4, -0.2) is 27.6 Å². The number of aromatic nitrogens is 3. The number of nitrogens with zero attached hydrogens (tertiary/aromatic N) is 3. The van der Waals surface area contributed by atoms with Crippen LogP contribution in [0.1, 0.15) is 11.1 Å². The molecule has 0 saturated carbocycles. The minimum atomic E-state index is -0.176. The van der Waals surface area contributed by atoms with Crippen LogP contribution in [0.4, 0.5) is 0 Å². The SMILES string of the molecule is COc1ccccc1/C=C/C(=O)NCc1ccc(-n2ccnc2)nc1. The summed E-state index contributed by atoms with van der Waals surface area (Å²) in [4.78, 5) is 20.3. The van der Waals surface area contributed by atoms with Crippen LogP contribution in [0.15, 0.2) is 67.4 Å². The molecule has 0 aliphatic rings. The molecule has 3 aromatic rings. The fourth-order valence-electron chi connectivity index (χ4n) is 2.29. The van der Waals surface area contributed by atoms with Crippen LogP contribution in [0.25, 0.3) is 11.9 Å². The number of para-hydroxylation sites is 1. The van der Waals surface area contributed by atoms with Crippen molar-refractivity contribution >= 4 is 12.0 Å². The highest BCUT2D eigenvalue weighted by molar-refractivity contribution is 5.92. The molecule has 25 heavy (non-hydrogen) atoms. The van der Waals surface area contributed by atoms with Crippen LogP contribution in [0.2, 0.25) is 0 Å². The van der Waals surface area contributed by atoms with Crippen molar-refractivity contribution in [3.8, 4) is 11.6 Å². The number of pyridine rings is 1. The van der Waals surface area contributed by atoms with E-state index in [-0.39, 0.29) is 5.91 Å². The third kappa shape index (κ3) is 4.32. The number of ether oxygens (including phenoxy) is 1. The fraction of sp³-hybridized carbons (Fsp3) is 0.105. The molecule has 6 heteroatoms. The molecule has 0 aliphatic heterocycles. The topological polar surface area (TPSA) is 69.0 Å². The predicted octanol–water partition coefficient (Wildman–Crippen LogP) is 2.61. The lowest BCUT2D eigenvalue weighted by molar-refractivity contribution is -0.116. The Labute approximate surface area is 145 Å². The summed E-state index contributed by atoms with van der Waals surface area (Å²) >= 11 is 0. The van der Waals surface area contributed by atoms with Gasteiger partial charge in [0.05, 0.1) is 7.11 Å². The van der Waals surface area contributed by atoms with Crippen LogP contribution in [0, 0.1) is 0 Å². The van der Waals surface area contributed by atoms with Gasteiger partial charge in [-0.05, 0) is 23.8 Å². The lowest BCUT2D eigenvalue weighted by Gasteiger charge is -2.05. The first-order valence-corrected chi connectivity index (χ1v) is 7.78. The number of rotatable bonds is 6. The van der Waals surface area contributed by atoms with Gasteiger partial charge in [0.15, 0.2) is 0 Å². The molecule has 0 bridgehead atoms. The Kier molecular flexibility index (Phi) is 5.21. The normalized spacial score (nSPS) is 10.8. The molecular formula is C19H18N4O2. The molecule has 3 rings (SSSR count). The van der Waals surface area contributed by atoms with Gasteiger partial charge in [0, 0.05) is 36.8 Å². The van der Waals surface area contributed by atoms with Gasteiger partial charge in [-0.15, -0.1) is 0 Å². The van der Waals surface area contributed by atoms with Crippen molar-refractivity contribution in [1.82, 2.24) is 19.9 Å². The van der Waals surface area contributed by atoms with Crippen LogP contribution < -0.4 is 10.1 Å². The quantitative estimate of drug-likeness (QED) is 0.704. The summed E-state index contributed by atoms with van der Waals surface area (Å²) in [5.41, 5.74) is 1.77. The molecule has 0 spiro atoms. The van der Waals surface area contributed by atoms with E-state index >= 15 is 0 Å². The highest BCUT2D eigenvalue weighted by Gasteiger charge is 2.01. The summed E-state index contributed by atoms with van der Waals surface area (Å²) in [6, 6.07) is 11.3. The van der Waals surface area contributed by atoms with Crippen molar-refractivity contribution in [1.29, 1.82) is 0 Å². The summed E-state index contributed by atoms with van der Waals surface area (Å²) in [7, 11) is 1.60. The Morgan fingerprint density at radius 1 is 1.28 bits per heavy atom. The summed E-state index contributed by atoms with van der Waals surface area (Å²) in [5.74, 6) is 1.33. The molecule has 2 aromatic heterocycles. The maximum absolute atomic E-state index is 12.0. The summed E-state index contributed by atoms with van der Waals surface area (Å²) in [6.07, 6.45) is 10.2. The molecule has 0 radical (unpaired) electrons. The molecule has 6 nitrogen and oxygen atoms in total. The van der Waals surface area contributed by atoms with Gasteiger partial charge in [0.1, 0.15) is 17.9 Å². The third-order valence-electron chi connectivity index (χ3n) is 3.60. The molecule has 126 valence electrons. The summed E-state index contributed by atoms with van der Waals surface area (Å²) in [5, 5.41) is 2.84. The van der Waals surface area contributed by atoms with Crippen molar-refractivity contribution < 1.29 is 9.53 Å². The smallest absolute Gasteiger partial charge is 0.244 e. The summed E-state index contributed by atoms with van der Waals surface area (Å²) in [6.45, 7) is 0.409. The van der Waals surface area contributed by atoms with Crippen molar-refractivity contribution in [2.75, 3.05) is 7.11 Å². The number of carbonyl (C=O) groups is 1. The highest BCUT2D eigenvalue weighted by atomic mass is 16.5. The Morgan fingerprint density at radius 3 is 2.88 bits per heavy atom. The average molecular weight is 334 g/mol. The molecule has 2 heterocycles. The number of carbonyl (C=O) groups excluding carboxylic acids is 1. The maximum atomic E-state index is 12.0. The van der Waals surface area contributed by atoms with Gasteiger partial charge in [-0.2, -0.15) is 0 Å². The van der Waals surface area contributed by atoms with E-state index < -0.39 is 0 Å². The second-order valence-corrected chi connectivity index (χ2v) is 5.29. The van der Waals surface area contributed by atoms with Crippen LogP contribution >= 0.6 is 0 Å². The minimum absolute atomic E-state index is 0.176. The molecule has 0 atom stereocenters. The van der Waals surface area contributed by atoms with Crippen molar-refractivity contribution in [3.63, 3.8) is 0 Å². The first-order valence-electron chi connectivity index (χ1n) is 7.78. The Morgan fingerprint density at radius 2 is 2.16 bits per heavy atom. The van der Waals surface area contributed by atoms with Crippen molar-refractivity contribution in [2.24, 2.45) is 0 Å². The van der Waals surface area contributed by atoms with Crippen LogP contribution in [0.3, 0.4) is 0 Å². The fourth-order valence-corrected chi connectivity index (χ4v) is 2.29. The lowest BCUT2D eigenvalue weighted by atomic mass is 10.2. The lowest BCUT2D eigenvalue weighted by Crippen LogP contribution is -2.20. The van der Waals surface area contributed by atoms with E-state index in [1.165, 1.54) is 6.08 Å². The van der Waals surface area contributed by atoms with E-state index in [1.54, 1.807) is 31.9 Å². The molecule has 0 fully saturated rings. The van der Waals surface area contributed by atoms with Crippen molar-refractivity contribution in [2.45, 2.75) is 6.54 Å². The molecule has 0 saturated heterocycles. The first-order chi connectivity index (χ1) is 12.3. The van der Waals surface area contributed by atoms with Gasteiger partial charge in [0.25, 0.3) is 0 Å². The standard InChI is InChI=1S/C19H18N4O2/c1-25-17-5-3-2-4-16(17)7-9-19(24)22-13-15-6-8-18(21-12-15)23-11-10-20-14-23/h2-12,14H,13H2,1H3,(H,22,24)/b9-7+. The Hall–Kier alpha value is -3.41. The molecule has 1 aromatic carbocycles. The van der Waals surface area contributed by atoms with Gasteiger partial charge in [-0.25, -0.2) is 9.97 Å². The molecule has 0 unspecified atom stereocenters. The number of imidazole rings is 1. The van der Waals surface area contributed by atoms with E-state index in [4.69, 9.17) is 4.74 Å². The number of hydrogen-bond donors (Lipinski definition) is 1. The summed E-state index contributed by atoms with van der Waals surface area (Å²) < 4.78 is 7.07. The van der Waals surface area contributed by atoms with Gasteiger partial charge in [-0.3, -0.25) is 9.36 Å². The second-order valence-electron chi connectivity index (χ2n) is 5.29. The molecule has 0 aliphatic carbocycles. The zero-order valence-corrected chi connectivity index (χ0v) is 13.8. The third-order valence-corrected chi connectivity index (χ3v) is 3.60. The zero-order chi connectivity index (χ0) is 17.5. The van der Waals surface area contributed by atoms with Crippen LogP contribution in [-0.2, 0) is 11.3 Å². The first kappa shape index (κ1) is 16.4. The Bertz CT molecular complexity index is 855. The number of methoxy groups -OCH3 is 1. The van der Waals surface area contributed by atoms with E-state index in [1.807, 2.05) is 47.2 Å². The largest absolute Gasteiger partial charge is 0.496 e. The highest BCUT2D eigenvalue weighted by Crippen LogP contribution is 2.18. The van der Waals surface area contributed by atoms with Gasteiger partial charge in [-0.1, -0.05) is 24.3 Å². The maximum Gasteiger partial charge on any atom is 0.244 e. The van der Waals surface area contributed by atoms with Gasteiger partial charge < -0.3 is 10.1 Å². The van der Waals surface area contributed by atoms with E-state index in [9.17, 15) is 4.79 Å². The second kappa shape index (κ2) is 7.92. The van der Waals surface area contributed by atoms with Crippen LogP contribution in [0.5, 0.6) is 5.75 Å². The minimum Gasteiger partial charge on any atom is -0.496 e. The average Bonchev–Trinajstić information content (AvgIpc) is 3.20. The number of amides is 1. The number of benzene rings is 1. The van der Waals surface area contributed by atoms with E-state index in [0.717, 1.165) is 22.7 Å².